The van der Waals surface area contributed by atoms with Crippen molar-refractivity contribution >= 4 is 34.8 Å². The summed E-state index contributed by atoms with van der Waals surface area (Å²) < 4.78 is 9.48. The largest absolute Gasteiger partial charge is 0.453 e. The van der Waals surface area contributed by atoms with Crippen LogP contribution in [0.3, 0.4) is 0 Å². The van der Waals surface area contributed by atoms with Crippen LogP contribution in [0.15, 0.2) is 73.1 Å². The molecule has 2 aliphatic heterocycles. The lowest BCUT2D eigenvalue weighted by molar-refractivity contribution is -0.138. The molecule has 2 saturated heterocycles. The number of imidazole rings is 2. The Balaban J connectivity index is 0.949. The maximum atomic E-state index is 13.6. The van der Waals surface area contributed by atoms with Crippen molar-refractivity contribution in [3.8, 4) is 33.6 Å². The number of likely N-dealkylation sites (tertiary alicyclic amines) is 2. The average Bonchev–Trinajstić information content (AvgIpc) is 4.10. The van der Waals surface area contributed by atoms with E-state index in [0.717, 1.165) is 88.2 Å². The minimum absolute atomic E-state index is 0.103. The van der Waals surface area contributed by atoms with Gasteiger partial charge in [0, 0.05) is 18.2 Å². The van der Waals surface area contributed by atoms with E-state index in [1.165, 1.54) is 14.2 Å². The topological polar surface area (TPSA) is 175 Å². The molecule has 58 heavy (non-hydrogen) atoms. The monoisotopic (exact) mass is 786 g/mol. The molecular weight excluding hydrogens is 737 g/mol. The summed E-state index contributed by atoms with van der Waals surface area (Å²) in [5.74, 6) is 1.46. The van der Waals surface area contributed by atoms with E-state index in [1.54, 1.807) is 6.92 Å². The quantitative estimate of drug-likeness (QED) is 0.116. The summed E-state index contributed by atoms with van der Waals surface area (Å²) in [6.07, 6.45) is 6.98. The van der Waals surface area contributed by atoms with Gasteiger partial charge in [0.15, 0.2) is 0 Å². The highest BCUT2D eigenvalue weighted by molar-refractivity contribution is 5.91. The van der Waals surface area contributed by atoms with Gasteiger partial charge in [-0.1, -0.05) is 62.4 Å². The molecule has 6 atom stereocenters. The number of H-pyrrole nitrogens is 2. The van der Waals surface area contributed by atoms with Gasteiger partial charge >= 0.3 is 12.2 Å². The number of amides is 4. The molecule has 4 amide bonds. The van der Waals surface area contributed by atoms with Gasteiger partial charge in [0.25, 0.3) is 0 Å². The van der Waals surface area contributed by atoms with Crippen molar-refractivity contribution in [2.24, 2.45) is 11.8 Å². The van der Waals surface area contributed by atoms with Crippen LogP contribution in [-0.4, -0.2) is 92.6 Å². The molecule has 8 rings (SSSR count). The normalized spacial score (nSPS) is 21.0. The van der Waals surface area contributed by atoms with E-state index < -0.39 is 24.3 Å². The van der Waals surface area contributed by atoms with Gasteiger partial charge in [-0.25, -0.2) is 19.6 Å². The maximum Gasteiger partial charge on any atom is 0.407 e. The van der Waals surface area contributed by atoms with Gasteiger partial charge in [0.05, 0.1) is 50.1 Å². The molecule has 3 aromatic carbocycles. The van der Waals surface area contributed by atoms with Crippen LogP contribution in [-0.2, 0) is 19.1 Å². The molecule has 3 fully saturated rings. The second kappa shape index (κ2) is 16.0. The predicted octanol–water partition coefficient (Wildman–Crippen LogP) is 7.13. The van der Waals surface area contributed by atoms with Crippen LogP contribution < -0.4 is 10.6 Å². The molecule has 3 aliphatic rings. The predicted molar refractivity (Wildman–Crippen MR) is 218 cm³/mol. The second-order valence-electron chi connectivity index (χ2n) is 16.0. The first-order valence-corrected chi connectivity index (χ1v) is 20.1. The Morgan fingerprint density at radius 1 is 0.724 bits per heavy atom. The zero-order chi connectivity index (χ0) is 40.7. The molecule has 14 nitrogen and oxygen atoms in total. The molecule has 14 heteroatoms. The summed E-state index contributed by atoms with van der Waals surface area (Å²) in [7, 11) is 2.58. The summed E-state index contributed by atoms with van der Waals surface area (Å²) in [4.78, 5) is 71.1. The highest BCUT2D eigenvalue weighted by Crippen LogP contribution is 2.50. The number of carbonyl (C=O) groups is 4. The van der Waals surface area contributed by atoms with Gasteiger partial charge in [-0.05, 0) is 90.5 Å². The fourth-order valence-corrected chi connectivity index (χ4v) is 9.09. The molecule has 1 aliphatic carbocycles. The minimum Gasteiger partial charge on any atom is -0.453 e. The number of aromatic nitrogens is 4. The zero-order valence-corrected chi connectivity index (χ0v) is 33.5. The lowest BCUT2D eigenvalue weighted by Gasteiger charge is -2.36. The minimum atomic E-state index is -0.701. The number of fused-ring (bicyclic) bond motifs is 3. The number of methoxy groups -OCH3 is 2. The molecule has 0 spiro atoms. The number of aromatic amines is 2. The smallest absolute Gasteiger partial charge is 0.407 e. The van der Waals surface area contributed by atoms with Crippen molar-refractivity contribution < 1.29 is 28.7 Å². The third kappa shape index (κ3) is 7.38. The Hall–Kier alpha value is -6.18. The Morgan fingerprint density at radius 2 is 1.33 bits per heavy atom. The van der Waals surface area contributed by atoms with Gasteiger partial charge in [-0.2, -0.15) is 0 Å². The molecular formula is C44H50N8O6. The third-order valence-electron chi connectivity index (χ3n) is 12.1. The lowest BCUT2D eigenvalue weighted by atomic mass is 9.97. The van der Waals surface area contributed by atoms with Crippen LogP contribution in [0.5, 0.6) is 0 Å². The van der Waals surface area contributed by atoms with Gasteiger partial charge in [0.1, 0.15) is 23.7 Å². The van der Waals surface area contributed by atoms with Crippen molar-refractivity contribution in [1.82, 2.24) is 40.4 Å². The fourth-order valence-electron chi connectivity index (χ4n) is 9.09. The molecule has 0 radical (unpaired) electrons. The lowest BCUT2D eigenvalue weighted by Crippen LogP contribution is -2.51. The van der Waals surface area contributed by atoms with Crippen molar-refractivity contribution in [3.05, 3.63) is 84.7 Å². The van der Waals surface area contributed by atoms with Crippen LogP contribution in [0.4, 0.5) is 9.59 Å². The number of hydrogen-bond acceptors (Lipinski definition) is 8. The number of nitrogens with zero attached hydrogens (tertiary/aromatic N) is 4. The van der Waals surface area contributed by atoms with E-state index in [9.17, 15) is 19.2 Å². The molecule has 2 aromatic heterocycles. The van der Waals surface area contributed by atoms with Crippen LogP contribution in [0.1, 0.15) is 76.6 Å². The number of ether oxygens (including phenoxy) is 2. The Morgan fingerprint density at radius 3 is 2.03 bits per heavy atom. The first kappa shape index (κ1) is 38.7. The second-order valence-corrected chi connectivity index (χ2v) is 16.0. The van der Waals surface area contributed by atoms with E-state index in [-0.39, 0.29) is 35.9 Å². The number of hydrogen-bond donors (Lipinski definition) is 4. The first-order chi connectivity index (χ1) is 28.0. The summed E-state index contributed by atoms with van der Waals surface area (Å²) >= 11 is 0. The van der Waals surface area contributed by atoms with Crippen LogP contribution in [0.25, 0.3) is 44.4 Å². The summed E-state index contributed by atoms with van der Waals surface area (Å²) in [5, 5.41) is 7.53. The highest BCUT2D eigenvalue weighted by atomic mass is 16.5. The standard InChI is InChI=1S/C44H50N8O6/c1-24(2)37(50-44(56)58-5)42(54)51-18-6-7-36(51)39-45-22-34(48-39)27-10-8-26(9-11-27)28-12-13-30-20-31(15-14-29(30)19-28)35-23-46-40(49-35)38-32-16-17-33(21-32)52(38)41(53)25(3)47-43(55)57-4/h8-15,19-20,22-25,32-33,36-38H,6-7,16-18,21H2,1-5H3,(H,45,48)(H,46,49)(H,47,55)(H,50,56). The first-order valence-electron chi connectivity index (χ1n) is 20.1. The van der Waals surface area contributed by atoms with E-state index >= 15 is 0 Å². The highest BCUT2D eigenvalue weighted by Gasteiger charge is 2.50. The molecule has 1 saturated carbocycles. The summed E-state index contributed by atoms with van der Waals surface area (Å²) in [6.45, 7) is 6.10. The van der Waals surface area contributed by atoms with E-state index in [1.807, 2.05) is 36.0 Å². The molecule has 2 bridgehead atoms. The van der Waals surface area contributed by atoms with Crippen LogP contribution >= 0.6 is 0 Å². The van der Waals surface area contributed by atoms with Gasteiger partial charge in [-0.3, -0.25) is 9.59 Å². The number of carbonyl (C=O) groups excluding carboxylic acids is 4. The zero-order valence-electron chi connectivity index (χ0n) is 33.5. The maximum absolute atomic E-state index is 13.6. The van der Waals surface area contributed by atoms with Gasteiger partial charge in [-0.15, -0.1) is 0 Å². The Bertz CT molecular complexity index is 2340. The summed E-state index contributed by atoms with van der Waals surface area (Å²) in [5.41, 5.74) is 5.92. The molecule has 4 heterocycles. The van der Waals surface area contributed by atoms with E-state index in [0.29, 0.717) is 12.5 Å². The van der Waals surface area contributed by atoms with Crippen molar-refractivity contribution in [3.63, 3.8) is 0 Å². The molecule has 302 valence electrons. The number of nitrogens with one attached hydrogen (secondary N) is 4. The third-order valence-corrected chi connectivity index (χ3v) is 12.1. The van der Waals surface area contributed by atoms with Gasteiger partial charge in [0.2, 0.25) is 11.8 Å². The Labute approximate surface area is 337 Å². The average molecular weight is 787 g/mol. The molecule has 5 aromatic rings. The fraction of sp³-hybridized carbons (Fsp3) is 0.409. The summed E-state index contributed by atoms with van der Waals surface area (Å²) in [6, 6.07) is 19.5. The number of alkyl carbamates (subject to hydrolysis) is 2. The van der Waals surface area contributed by atoms with E-state index in [4.69, 9.17) is 19.4 Å². The molecule has 4 N–H and O–H groups in total. The van der Waals surface area contributed by atoms with Gasteiger partial charge < -0.3 is 39.9 Å². The number of benzene rings is 3. The van der Waals surface area contributed by atoms with Crippen LogP contribution in [0, 0.1) is 11.8 Å². The number of rotatable bonds is 10. The van der Waals surface area contributed by atoms with E-state index in [2.05, 4.69) is 81.3 Å². The number of piperidine rings is 1. The Kier molecular flexibility index (Phi) is 10.7. The molecule has 6 unspecified atom stereocenters. The van der Waals surface area contributed by atoms with Crippen molar-refractivity contribution in [1.29, 1.82) is 0 Å². The van der Waals surface area contributed by atoms with Crippen LogP contribution in [0.2, 0.25) is 0 Å². The SMILES string of the molecule is COC(=O)NC(C)C(=O)N1C2CCC(C2)C1c1ncc(-c2ccc3cc(-c4ccc(-c5cnc(C6CCCN6C(=O)C(NC(=O)OC)C(C)C)[nH]5)cc4)ccc3c2)[nH]1. The van der Waals surface area contributed by atoms with Crippen molar-refractivity contribution in [2.75, 3.05) is 20.8 Å². The van der Waals surface area contributed by atoms with Crippen molar-refractivity contribution in [2.45, 2.75) is 83.1 Å².